The maximum Gasteiger partial charge on any atom is 0.222 e. The van der Waals surface area contributed by atoms with Crippen LogP contribution in [0.1, 0.15) is 37.8 Å². The highest BCUT2D eigenvalue weighted by molar-refractivity contribution is 5.85. The smallest absolute Gasteiger partial charge is 0.222 e. The summed E-state index contributed by atoms with van der Waals surface area (Å²) in [6.45, 7) is 2.49. The third kappa shape index (κ3) is 5.26. The summed E-state index contributed by atoms with van der Waals surface area (Å²) in [5.41, 5.74) is 6.50. The number of rotatable bonds is 5. The van der Waals surface area contributed by atoms with Gasteiger partial charge in [-0.15, -0.1) is 12.4 Å². The molecule has 6 heteroatoms. The molecule has 0 saturated carbocycles. The number of carbonyl (C=O) groups is 1. The van der Waals surface area contributed by atoms with E-state index < -0.39 is 0 Å². The summed E-state index contributed by atoms with van der Waals surface area (Å²) in [6, 6.07) is 5.74. The van der Waals surface area contributed by atoms with Crippen LogP contribution in [0, 0.1) is 5.82 Å². The second-order valence-electron chi connectivity index (χ2n) is 5.33. The van der Waals surface area contributed by atoms with Crippen LogP contribution < -0.4 is 11.1 Å². The molecule has 1 aromatic carbocycles. The Labute approximate surface area is 130 Å². The van der Waals surface area contributed by atoms with Crippen molar-refractivity contribution in [2.45, 2.75) is 44.4 Å². The number of hydrogen-bond donors (Lipinski definition) is 2. The maximum absolute atomic E-state index is 13.0. The van der Waals surface area contributed by atoms with Gasteiger partial charge in [0.25, 0.3) is 0 Å². The Balaban J connectivity index is 0.00000220. The van der Waals surface area contributed by atoms with Crippen LogP contribution in [0.3, 0.4) is 0 Å². The largest absolute Gasteiger partial charge is 0.376 e. The molecule has 0 aliphatic carbocycles. The number of nitrogens with one attached hydrogen (secondary N) is 1. The third-order valence-electron chi connectivity index (χ3n) is 3.39. The molecule has 1 heterocycles. The molecule has 1 fully saturated rings. The Morgan fingerprint density at radius 3 is 2.67 bits per heavy atom. The number of halogens is 2. The monoisotopic (exact) mass is 316 g/mol. The minimum Gasteiger partial charge on any atom is -0.376 e. The molecule has 3 N–H and O–H groups in total. The third-order valence-corrected chi connectivity index (χ3v) is 3.39. The fourth-order valence-corrected chi connectivity index (χ4v) is 2.45. The number of amides is 1. The van der Waals surface area contributed by atoms with E-state index in [9.17, 15) is 9.18 Å². The van der Waals surface area contributed by atoms with Gasteiger partial charge in [0.2, 0.25) is 5.91 Å². The lowest BCUT2D eigenvalue weighted by Gasteiger charge is -2.25. The summed E-state index contributed by atoms with van der Waals surface area (Å²) in [5.74, 6) is -0.397. The van der Waals surface area contributed by atoms with E-state index in [0.717, 1.165) is 18.4 Å². The van der Waals surface area contributed by atoms with Gasteiger partial charge in [-0.25, -0.2) is 4.39 Å². The zero-order chi connectivity index (χ0) is 14.5. The number of ether oxygens (including phenoxy) is 1. The molecule has 0 radical (unpaired) electrons. The van der Waals surface area contributed by atoms with Gasteiger partial charge >= 0.3 is 0 Å². The summed E-state index contributed by atoms with van der Waals surface area (Å²) in [7, 11) is 0. The molecule has 1 saturated heterocycles. The van der Waals surface area contributed by atoms with Crippen LogP contribution in [0.2, 0.25) is 0 Å². The van der Waals surface area contributed by atoms with Crippen molar-refractivity contribution in [3.63, 3.8) is 0 Å². The summed E-state index contributed by atoms with van der Waals surface area (Å²) in [5, 5.41) is 2.96. The van der Waals surface area contributed by atoms with Crippen molar-refractivity contribution in [3.05, 3.63) is 35.6 Å². The van der Waals surface area contributed by atoms with E-state index >= 15 is 0 Å². The SMILES string of the molecule is CC(N)CC(=O)NC(c1ccc(F)cc1)C1CCCO1.Cl. The Kier molecular flexibility index (Phi) is 7.08. The van der Waals surface area contributed by atoms with Gasteiger partial charge in [0.05, 0.1) is 12.1 Å². The Morgan fingerprint density at radius 1 is 1.48 bits per heavy atom. The molecule has 1 amide bonds. The second-order valence-corrected chi connectivity index (χ2v) is 5.33. The molecule has 3 atom stereocenters. The number of nitrogens with two attached hydrogens (primary N) is 1. The van der Waals surface area contributed by atoms with Crippen LogP contribution in [-0.2, 0) is 9.53 Å². The van der Waals surface area contributed by atoms with E-state index in [0.29, 0.717) is 6.61 Å². The van der Waals surface area contributed by atoms with Gasteiger partial charge in [-0.2, -0.15) is 0 Å². The van der Waals surface area contributed by atoms with E-state index in [2.05, 4.69) is 5.32 Å². The quantitative estimate of drug-likeness (QED) is 0.876. The lowest BCUT2D eigenvalue weighted by atomic mass is 9.99. The van der Waals surface area contributed by atoms with E-state index in [1.54, 1.807) is 19.1 Å². The van der Waals surface area contributed by atoms with Gasteiger partial charge in [-0.3, -0.25) is 4.79 Å². The van der Waals surface area contributed by atoms with Crippen LogP contribution in [0.15, 0.2) is 24.3 Å². The van der Waals surface area contributed by atoms with Gasteiger partial charge < -0.3 is 15.8 Å². The van der Waals surface area contributed by atoms with Crippen molar-refractivity contribution in [1.29, 1.82) is 0 Å². The first-order chi connectivity index (χ1) is 9.56. The molecule has 0 bridgehead atoms. The van der Waals surface area contributed by atoms with Gasteiger partial charge in [0.15, 0.2) is 0 Å². The van der Waals surface area contributed by atoms with E-state index in [4.69, 9.17) is 10.5 Å². The van der Waals surface area contributed by atoms with Crippen molar-refractivity contribution in [3.8, 4) is 0 Å². The molecule has 1 aromatic rings. The first-order valence-electron chi connectivity index (χ1n) is 6.98. The first kappa shape index (κ1) is 17.9. The second kappa shape index (κ2) is 8.32. The van der Waals surface area contributed by atoms with Gasteiger partial charge in [-0.1, -0.05) is 12.1 Å². The highest BCUT2D eigenvalue weighted by atomic mass is 35.5. The number of carbonyl (C=O) groups excluding carboxylic acids is 1. The molecule has 118 valence electrons. The minimum atomic E-state index is -0.290. The molecule has 3 unspecified atom stereocenters. The lowest BCUT2D eigenvalue weighted by molar-refractivity contribution is -0.123. The molecule has 21 heavy (non-hydrogen) atoms. The zero-order valence-electron chi connectivity index (χ0n) is 12.0. The van der Waals surface area contributed by atoms with Crippen molar-refractivity contribution in [1.82, 2.24) is 5.32 Å². The van der Waals surface area contributed by atoms with Crippen molar-refractivity contribution >= 4 is 18.3 Å². The van der Waals surface area contributed by atoms with Crippen molar-refractivity contribution in [2.75, 3.05) is 6.61 Å². The van der Waals surface area contributed by atoms with Crippen LogP contribution in [0.4, 0.5) is 4.39 Å². The molecule has 0 aromatic heterocycles. The zero-order valence-corrected chi connectivity index (χ0v) is 12.9. The predicted molar refractivity (Wildman–Crippen MR) is 81.8 cm³/mol. The minimum absolute atomic E-state index is 0. The number of hydrogen-bond acceptors (Lipinski definition) is 3. The molecule has 4 nitrogen and oxygen atoms in total. The predicted octanol–water partition coefficient (Wildman–Crippen LogP) is 2.32. The molecule has 1 aliphatic heterocycles. The van der Waals surface area contributed by atoms with E-state index in [1.807, 2.05) is 0 Å². The highest BCUT2D eigenvalue weighted by Crippen LogP contribution is 2.27. The Hall–Kier alpha value is -1.17. The van der Waals surface area contributed by atoms with Crippen LogP contribution in [0.5, 0.6) is 0 Å². The Morgan fingerprint density at radius 2 is 2.14 bits per heavy atom. The average molecular weight is 317 g/mol. The van der Waals surface area contributed by atoms with Crippen LogP contribution in [0.25, 0.3) is 0 Å². The molecule has 1 aliphatic rings. The topological polar surface area (TPSA) is 64.4 Å². The average Bonchev–Trinajstić information content (AvgIpc) is 2.90. The Bertz CT molecular complexity index is 447. The fourth-order valence-electron chi connectivity index (χ4n) is 2.45. The maximum atomic E-state index is 13.0. The molecular formula is C15H22ClFN2O2. The van der Waals surface area contributed by atoms with Gasteiger partial charge in [0.1, 0.15) is 5.82 Å². The fraction of sp³-hybridized carbons (Fsp3) is 0.533. The van der Waals surface area contributed by atoms with Crippen LogP contribution >= 0.6 is 12.4 Å². The number of benzene rings is 1. The first-order valence-corrected chi connectivity index (χ1v) is 6.98. The molecule has 2 rings (SSSR count). The highest BCUT2D eigenvalue weighted by Gasteiger charge is 2.28. The molecule has 0 spiro atoms. The lowest BCUT2D eigenvalue weighted by Crippen LogP contribution is -2.38. The van der Waals surface area contributed by atoms with Crippen LogP contribution in [-0.4, -0.2) is 24.7 Å². The van der Waals surface area contributed by atoms with Crippen molar-refractivity contribution in [2.24, 2.45) is 5.73 Å². The summed E-state index contributed by atoms with van der Waals surface area (Å²) in [6.07, 6.45) is 2.08. The van der Waals surface area contributed by atoms with E-state index in [-0.39, 0.29) is 48.7 Å². The molecular weight excluding hydrogens is 295 g/mol. The van der Waals surface area contributed by atoms with Gasteiger partial charge in [0, 0.05) is 19.1 Å². The van der Waals surface area contributed by atoms with E-state index in [1.165, 1.54) is 12.1 Å². The van der Waals surface area contributed by atoms with Crippen molar-refractivity contribution < 1.29 is 13.9 Å². The standard InChI is InChI=1S/C15H21FN2O2.ClH/c1-10(17)9-14(19)18-15(13-3-2-8-20-13)11-4-6-12(16)7-5-11;/h4-7,10,13,15H,2-3,8-9,17H2,1H3,(H,18,19);1H. The summed E-state index contributed by atoms with van der Waals surface area (Å²) < 4.78 is 18.7. The normalized spacial score (nSPS) is 20.4. The summed E-state index contributed by atoms with van der Waals surface area (Å²) >= 11 is 0. The summed E-state index contributed by atoms with van der Waals surface area (Å²) in [4.78, 5) is 11.9. The van der Waals surface area contributed by atoms with Gasteiger partial charge in [-0.05, 0) is 37.5 Å².